The van der Waals surface area contributed by atoms with E-state index in [1.165, 1.54) is 44.9 Å². The van der Waals surface area contributed by atoms with Gasteiger partial charge in [-0.1, -0.05) is 62.9 Å². The monoisotopic (exact) mass is 566 g/mol. The Hall–Kier alpha value is -2.35. The van der Waals surface area contributed by atoms with Gasteiger partial charge in [-0.3, -0.25) is 9.69 Å². The summed E-state index contributed by atoms with van der Waals surface area (Å²) in [5, 5.41) is 12.5. The third kappa shape index (κ3) is 8.11. The highest BCUT2D eigenvalue weighted by Gasteiger charge is 2.32. The second-order valence-corrected chi connectivity index (χ2v) is 12.5. The van der Waals surface area contributed by atoms with Crippen LogP contribution in [0, 0.1) is 12.8 Å². The van der Waals surface area contributed by atoms with E-state index in [4.69, 9.17) is 4.74 Å². The minimum atomic E-state index is -1.00. The van der Waals surface area contributed by atoms with Crippen LogP contribution in [0.5, 0.6) is 0 Å². The molecule has 3 atom stereocenters. The Kier molecular flexibility index (Phi) is 11.5. The molecule has 0 bridgehead atoms. The van der Waals surface area contributed by atoms with Gasteiger partial charge in [0.2, 0.25) is 0 Å². The van der Waals surface area contributed by atoms with Gasteiger partial charge in [0, 0.05) is 24.7 Å². The molecule has 2 aromatic rings. The molecule has 40 heavy (non-hydrogen) atoms. The number of thioether (sulfide) groups is 1. The van der Waals surface area contributed by atoms with Crippen molar-refractivity contribution in [2.45, 2.75) is 89.9 Å². The number of carbonyl (C=O) groups excluding carboxylic acids is 1. The molecule has 1 amide bonds. The normalized spacial score (nSPS) is 20.9. The fraction of sp³-hybridized carbons (Fsp3) is 0.576. The number of rotatable bonds is 13. The zero-order valence-corrected chi connectivity index (χ0v) is 25.2. The molecule has 1 saturated heterocycles. The zero-order chi connectivity index (χ0) is 28.5. The van der Waals surface area contributed by atoms with E-state index in [1.807, 2.05) is 49.6 Å². The van der Waals surface area contributed by atoms with Crippen LogP contribution in [-0.2, 0) is 16.1 Å². The molecule has 218 valence electrons. The van der Waals surface area contributed by atoms with Crippen molar-refractivity contribution in [2.75, 3.05) is 25.2 Å². The highest BCUT2D eigenvalue weighted by molar-refractivity contribution is 7.98. The van der Waals surface area contributed by atoms with Crippen LogP contribution in [-0.4, -0.2) is 65.2 Å². The summed E-state index contributed by atoms with van der Waals surface area (Å²) in [6.45, 7) is 6.99. The van der Waals surface area contributed by atoms with Crippen molar-refractivity contribution in [2.24, 2.45) is 5.92 Å². The summed E-state index contributed by atoms with van der Waals surface area (Å²) < 4.78 is 6.43. The largest absolute Gasteiger partial charge is 0.480 e. The van der Waals surface area contributed by atoms with Crippen LogP contribution in [0.2, 0.25) is 0 Å². The molecule has 1 aliphatic heterocycles. The molecule has 2 unspecified atom stereocenters. The van der Waals surface area contributed by atoms with Gasteiger partial charge in [0.05, 0.1) is 12.7 Å². The summed E-state index contributed by atoms with van der Waals surface area (Å²) in [5.74, 6) is -0.00190. The predicted molar refractivity (Wildman–Crippen MR) is 164 cm³/mol. The number of ether oxygens (including phenoxy) is 1. The first-order valence-electron chi connectivity index (χ1n) is 15.0. The van der Waals surface area contributed by atoms with Crippen LogP contribution in [0.3, 0.4) is 0 Å². The second-order valence-electron chi connectivity index (χ2n) is 11.5. The Balaban J connectivity index is 1.56. The van der Waals surface area contributed by atoms with Crippen LogP contribution >= 0.6 is 11.8 Å². The lowest BCUT2D eigenvalue weighted by Gasteiger charge is -2.28. The molecule has 1 saturated carbocycles. The quantitative estimate of drug-likeness (QED) is 0.286. The lowest BCUT2D eigenvalue weighted by Crippen LogP contribution is -2.41. The number of likely N-dealkylation sites (tertiary alicyclic amines) is 1. The Morgan fingerprint density at radius 3 is 2.60 bits per heavy atom. The van der Waals surface area contributed by atoms with Gasteiger partial charge in [-0.25, -0.2) is 4.79 Å². The van der Waals surface area contributed by atoms with Crippen molar-refractivity contribution in [1.82, 2.24) is 10.2 Å². The molecule has 4 rings (SSSR count). The minimum Gasteiger partial charge on any atom is -0.480 e. The standard InChI is InChI=1S/C33H46N2O4S/c1-4-24-18-26(22-39-27-11-6-5-7-12-27)35(20-24)21-25-14-15-29(30(19-25)28-13-9-8-10-23(28)2)32(36)34-31(33(37)38)16-17-40-3/h8-10,13-15,19,24,26-27,31H,4-7,11-12,16-18,20-22H2,1-3H3,(H,34,36)(H,37,38)/t24?,26-,31?/m0/s1. The van der Waals surface area contributed by atoms with Crippen molar-refractivity contribution in [3.63, 3.8) is 0 Å². The van der Waals surface area contributed by atoms with E-state index in [2.05, 4.69) is 23.2 Å². The molecule has 2 aromatic carbocycles. The molecule has 1 aliphatic carbocycles. The smallest absolute Gasteiger partial charge is 0.326 e. The summed E-state index contributed by atoms with van der Waals surface area (Å²) in [7, 11) is 0. The first kappa shape index (κ1) is 30.6. The fourth-order valence-electron chi connectivity index (χ4n) is 6.18. The molecular formula is C33H46N2O4S. The van der Waals surface area contributed by atoms with Crippen molar-refractivity contribution in [3.05, 3.63) is 59.2 Å². The predicted octanol–water partition coefficient (Wildman–Crippen LogP) is 6.55. The third-order valence-corrected chi connectivity index (χ3v) is 9.28. The molecule has 2 fully saturated rings. The van der Waals surface area contributed by atoms with Gasteiger partial charge in [-0.2, -0.15) is 11.8 Å². The third-order valence-electron chi connectivity index (χ3n) is 8.63. The number of benzene rings is 2. The molecule has 2 aliphatic rings. The number of nitrogens with one attached hydrogen (secondary N) is 1. The molecule has 0 spiro atoms. The summed E-state index contributed by atoms with van der Waals surface area (Å²) in [5.41, 5.74) is 4.60. The van der Waals surface area contributed by atoms with E-state index in [1.54, 1.807) is 11.8 Å². The van der Waals surface area contributed by atoms with Crippen LogP contribution in [0.4, 0.5) is 0 Å². The van der Waals surface area contributed by atoms with Crippen LogP contribution < -0.4 is 5.32 Å². The number of hydrogen-bond acceptors (Lipinski definition) is 5. The number of aryl methyl sites for hydroxylation is 1. The molecular weight excluding hydrogens is 520 g/mol. The Bertz CT molecular complexity index is 1130. The number of carboxylic acid groups (broad SMARTS) is 1. The molecule has 0 aromatic heterocycles. The maximum Gasteiger partial charge on any atom is 0.326 e. The van der Waals surface area contributed by atoms with E-state index >= 15 is 0 Å². The summed E-state index contributed by atoms with van der Waals surface area (Å²) >= 11 is 1.57. The van der Waals surface area contributed by atoms with Gasteiger partial charge in [0.25, 0.3) is 5.91 Å². The number of nitrogens with zero attached hydrogens (tertiary/aromatic N) is 1. The second kappa shape index (κ2) is 15.0. The minimum absolute atomic E-state index is 0.343. The van der Waals surface area contributed by atoms with E-state index in [9.17, 15) is 14.7 Å². The average Bonchev–Trinajstić information content (AvgIpc) is 3.36. The van der Waals surface area contributed by atoms with Crippen LogP contribution in [0.25, 0.3) is 11.1 Å². The summed E-state index contributed by atoms with van der Waals surface area (Å²) in [6, 6.07) is 13.6. The molecule has 6 nitrogen and oxygen atoms in total. The lowest BCUT2D eigenvalue weighted by atomic mass is 9.93. The van der Waals surface area contributed by atoms with E-state index in [0.29, 0.717) is 35.8 Å². The first-order chi connectivity index (χ1) is 19.4. The summed E-state index contributed by atoms with van der Waals surface area (Å²) in [6.07, 6.45) is 11.3. The van der Waals surface area contributed by atoms with E-state index in [0.717, 1.165) is 42.0 Å². The highest BCUT2D eigenvalue weighted by atomic mass is 32.2. The number of aliphatic carboxylic acids is 1. The van der Waals surface area contributed by atoms with Gasteiger partial charge in [-0.15, -0.1) is 0 Å². The van der Waals surface area contributed by atoms with Crippen molar-refractivity contribution < 1.29 is 19.4 Å². The maximum absolute atomic E-state index is 13.4. The number of amides is 1. The molecule has 1 heterocycles. The van der Waals surface area contributed by atoms with Gasteiger partial charge in [0.1, 0.15) is 6.04 Å². The zero-order valence-electron chi connectivity index (χ0n) is 24.4. The van der Waals surface area contributed by atoms with Gasteiger partial charge < -0.3 is 15.2 Å². The average molecular weight is 567 g/mol. The molecule has 7 heteroatoms. The lowest BCUT2D eigenvalue weighted by molar-refractivity contribution is -0.139. The van der Waals surface area contributed by atoms with E-state index in [-0.39, 0.29) is 5.91 Å². The van der Waals surface area contributed by atoms with Crippen molar-refractivity contribution >= 4 is 23.6 Å². The molecule has 2 N–H and O–H groups in total. The van der Waals surface area contributed by atoms with Gasteiger partial charge in [-0.05, 0) is 84.9 Å². The number of carboxylic acids is 1. The van der Waals surface area contributed by atoms with Crippen molar-refractivity contribution in [1.29, 1.82) is 0 Å². The Morgan fingerprint density at radius 2 is 1.90 bits per heavy atom. The van der Waals surface area contributed by atoms with Crippen molar-refractivity contribution in [3.8, 4) is 11.1 Å². The number of hydrogen-bond donors (Lipinski definition) is 2. The van der Waals surface area contributed by atoms with Crippen LogP contribution in [0.1, 0.15) is 79.8 Å². The van der Waals surface area contributed by atoms with Crippen LogP contribution in [0.15, 0.2) is 42.5 Å². The van der Waals surface area contributed by atoms with Gasteiger partial charge in [0.15, 0.2) is 0 Å². The summed E-state index contributed by atoms with van der Waals surface area (Å²) in [4.78, 5) is 27.8. The SMILES string of the molecule is CCC1C[C@@H](COC2CCCCC2)N(Cc2ccc(C(=O)NC(CCSC)C(=O)O)c(-c3ccccc3C)c2)C1. The Morgan fingerprint density at radius 1 is 1.12 bits per heavy atom. The number of carbonyl (C=O) groups is 2. The molecule has 0 radical (unpaired) electrons. The fourth-order valence-corrected chi connectivity index (χ4v) is 6.65. The Labute approximate surface area is 244 Å². The first-order valence-corrected chi connectivity index (χ1v) is 16.4. The maximum atomic E-state index is 13.4. The topological polar surface area (TPSA) is 78.9 Å². The van der Waals surface area contributed by atoms with E-state index < -0.39 is 12.0 Å². The van der Waals surface area contributed by atoms with Gasteiger partial charge >= 0.3 is 5.97 Å². The highest BCUT2D eigenvalue weighted by Crippen LogP contribution is 2.32.